The van der Waals surface area contributed by atoms with E-state index in [1.807, 2.05) is 0 Å². The normalized spacial score (nSPS) is 12.3. The molecule has 0 bridgehead atoms. The number of halogens is 1. The maximum absolute atomic E-state index is 11.7. The van der Waals surface area contributed by atoms with Crippen LogP contribution >= 0.6 is 0 Å². The van der Waals surface area contributed by atoms with Crippen molar-refractivity contribution in [2.24, 2.45) is 0 Å². The lowest BCUT2D eigenvalue weighted by Crippen LogP contribution is -3.00. The van der Waals surface area contributed by atoms with E-state index in [9.17, 15) is 4.79 Å². The lowest BCUT2D eigenvalue weighted by atomic mass is 10.0. The van der Waals surface area contributed by atoms with Gasteiger partial charge in [0.25, 0.3) is 0 Å². The number of nitrogens with zero attached hydrogens (tertiary/aromatic N) is 1. The smallest absolute Gasteiger partial charge is 0.246 e. The van der Waals surface area contributed by atoms with Gasteiger partial charge in [0.1, 0.15) is 0 Å². The van der Waals surface area contributed by atoms with Gasteiger partial charge in [-0.1, -0.05) is 90.6 Å². The van der Waals surface area contributed by atoms with E-state index in [0.29, 0.717) is 5.57 Å². The molecule has 29 heavy (non-hydrogen) atoms. The van der Waals surface area contributed by atoms with E-state index in [4.69, 9.17) is 0 Å². The van der Waals surface area contributed by atoms with E-state index in [0.717, 1.165) is 11.0 Å². The third-order valence-electron chi connectivity index (χ3n) is 5.65. The van der Waals surface area contributed by atoms with Crippen molar-refractivity contribution in [3.63, 3.8) is 0 Å². The fourth-order valence-corrected chi connectivity index (χ4v) is 3.96. The van der Waals surface area contributed by atoms with Crippen LogP contribution in [0.15, 0.2) is 12.2 Å². The Morgan fingerprint density at radius 3 is 1.59 bits per heavy atom. The molecule has 0 aliphatic rings. The van der Waals surface area contributed by atoms with Crippen molar-refractivity contribution in [2.45, 2.75) is 117 Å². The first-order valence-corrected chi connectivity index (χ1v) is 12.1. The van der Waals surface area contributed by atoms with Crippen molar-refractivity contribution < 1.29 is 26.3 Å². The van der Waals surface area contributed by atoms with Crippen LogP contribution in [0.3, 0.4) is 0 Å². The Bertz CT molecular complexity index is 410. The molecule has 0 aliphatic heterocycles. The summed E-state index contributed by atoms with van der Waals surface area (Å²) < 4.78 is 0.968. The van der Waals surface area contributed by atoms with Crippen LogP contribution in [0.25, 0.3) is 0 Å². The van der Waals surface area contributed by atoms with Gasteiger partial charge in [-0.05, 0) is 26.7 Å². The van der Waals surface area contributed by atoms with E-state index in [1.54, 1.807) is 6.92 Å². The van der Waals surface area contributed by atoms with Crippen LogP contribution in [0, 0.1) is 0 Å². The summed E-state index contributed by atoms with van der Waals surface area (Å²) in [6.07, 6.45) is 19.7. The molecule has 1 amide bonds. The molecule has 0 heterocycles. The number of hydrogen-bond donors (Lipinski definition) is 1. The molecule has 0 aliphatic carbocycles. The molecule has 1 atom stereocenters. The predicted molar refractivity (Wildman–Crippen MR) is 125 cm³/mol. The second-order valence-corrected chi connectivity index (χ2v) is 9.59. The summed E-state index contributed by atoms with van der Waals surface area (Å²) in [4.78, 5) is 11.7. The van der Waals surface area contributed by atoms with Gasteiger partial charge in [0.05, 0.1) is 33.2 Å². The molecule has 0 fully saturated rings. The highest BCUT2D eigenvalue weighted by Crippen LogP contribution is 2.13. The summed E-state index contributed by atoms with van der Waals surface area (Å²) in [6, 6.07) is 0.186. The fourth-order valence-electron chi connectivity index (χ4n) is 3.96. The van der Waals surface area contributed by atoms with Crippen LogP contribution in [-0.2, 0) is 4.79 Å². The SMILES string of the molecule is C=C(C)C(=O)NC(C)C[N+](C)(C)CCCCCCCCCCCCCCCC.[Br-]. The lowest BCUT2D eigenvalue weighted by Gasteiger charge is -2.32. The van der Waals surface area contributed by atoms with Crippen molar-refractivity contribution in [3.8, 4) is 0 Å². The summed E-state index contributed by atoms with van der Waals surface area (Å²) in [5.41, 5.74) is 0.587. The molecule has 0 aromatic heterocycles. The summed E-state index contributed by atoms with van der Waals surface area (Å²) in [5, 5.41) is 3.03. The highest BCUT2D eigenvalue weighted by atomic mass is 79.9. The molecule has 0 rings (SSSR count). The van der Waals surface area contributed by atoms with Gasteiger partial charge in [-0.15, -0.1) is 0 Å². The molecule has 0 saturated carbocycles. The summed E-state index contributed by atoms with van der Waals surface area (Å²) in [5.74, 6) is -0.0241. The molecule has 4 heteroatoms. The molecule has 0 spiro atoms. The first-order chi connectivity index (χ1) is 13.3. The Kier molecular flexibility index (Phi) is 20.8. The second-order valence-electron chi connectivity index (χ2n) is 9.59. The minimum atomic E-state index is -0.0241. The molecule has 0 saturated heterocycles. The average molecular weight is 476 g/mol. The third kappa shape index (κ3) is 20.7. The number of nitrogens with one attached hydrogen (secondary N) is 1. The highest BCUT2D eigenvalue weighted by Gasteiger charge is 2.20. The maximum atomic E-state index is 11.7. The summed E-state index contributed by atoms with van der Waals surface area (Å²) in [7, 11) is 4.54. The van der Waals surface area contributed by atoms with Gasteiger partial charge in [0, 0.05) is 5.57 Å². The van der Waals surface area contributed by atoms with E-state index in [-0.39, 0.29) is 28.9 Å². The molecular formula is C25H51BrN2O. The van der Waals surface area contributed by atoms with Crippen LogP contribution in [-0.4, -0.2) is 43.6 Å². The number of unbranched alkanes of at least 4 members (excludes halogenated alkanes) is 13. The van der Waals surface area contributed by atoms with Crippen LogP contribution in [0.4, 0.5) is 0 Å². The molecule has 0 radical (unpaired) electrons. The monoisotopic (exact) mass is 474 g/mol. The zero-order valence-corrected chi connectivity index (χ0v) is 21.9. The van der Waals surface area contributed by atoms with E-state index in [2.05, 4.69) is 39.8 Å². The minimum absolute atomic E-state index is 0. The number of amides is 1. The van der Waals surface area contributed by atoms with Crippen LogP contribution in [0.2, 0.25) is 0 Å². The zero-order chi connectivity index (χ0) is 21.3. The number of hydrogen-bond acceptors (Lipinski definition) is 1. The van der Waals surface area contributed by atoms with Gasteiger partial charge in [0.15, 0.2) is 0 Å². The molecule has 1 unspecified atom stereocenters. The maximum Gasteiger partial charge on any atom is 0.246 e. The largest absolute Gasteiger partial charge is 1.00 e. The quantitative estimate of drug-likeness (QED) is 0.173. The standard InChI is InChI=1S/C25H50N2O.BrH/c1-7-8-9-10-11-12-13-14-15-16-17-18-19-20-21-27(5,6)22-24(4)26-25(28)23(2)3;/h24H,2,7-22H2,1,3-6H3;1H. The molecule has 0 aromatic rings. The Balaban J connectivity index is 0. The lowest BCUT2D eigenvalue weighted by molar-refractivity contribution is -0.891. The second kappa shape index (κ2) is 19.6. The molecule has 3 nitrogen and oxygen atoms in total. The van der Waals surface area contributed by atoms with Gasteiger partial charge < -0.3 is 26.8 Å². The van der Waals surface area contributed by atoms with Gasteiger partial charge in [-0.25, -0.2) is 0 Å². The first kappa shape index (κ1) is 30.8. The number of carbonyl (C=O) groups excluding carboxylic acids is 1. The van der Waals surface area contributed by atoms with Crippen molar-refractivity contribution in [2.75, 3.05) is 27.2 Å². The zero-order valence-electron chi connectivity index (χ0n) is 20.3. The van der Waals surface area contributed by atoms with Crippen molar-refractivity contribution in [3.05, 3.63) is 12.2 Å². The fraction of sp³-hybridized carbons (Fsp3) is 0.880. The van der Waals surface area contributed by atoms with E-state index in [1.165, 1.54) is 96.4 Å². The molecular weight excluding hydrogens is 424 g/mol. The van der Waals surface area contributed by atoms with Crippen LogP contribution < -0.4 is 22.3 Å². The average Bonchev–Trinajstić information content (AvgIpc) is 2.61. The van der Waals surface area contributed by atoms with Crippen molar-refractivity contribution in [1.29, 1.82) is 0 Å². The Hall–Kier alpha value is -0.350. The molecule has 174 valence electrons. The summed E-state index contributed by atoms with van der Waals surface area (Å²) in [6.45, 7) is 12.0. The van der Waals surface area contributed by atoms with E-state index >= 15 is 0 Å². The minimum Gasteiger partial charge on any atom is -1.00 e. The third-order valence-corrected chi connectivity index (χ3v) is 5.65. The first-order valence-electron chi connectivity index (χ1n) is 12.1. The van der Waals surface area contributed by atoms with Crippen molar-refractivity contribution in [1.82, 2.24) is 5.32 Å². The Morgan fingerprint density at radius 2 is 1.21 bits per heavy atom. The Labute approximate surface area is 193 Å². The number of likely N-dealkylation sites (N-methyl/N-ethyl adjacent to an activating group) is 1. The van der Waals surface area contributed by atoms with Gasteiger partial charge >= 0.3 is 0 Å². The number of rotatable bonds is 19. The Morgan fingerprint density at radius 1 is 0.828 bits per heavy atom. The van der Waals surface area contributed by atoms with Gasteiger partial charge in [-0.2, -0.15) is 0 Å². The van der Waals surface area contributed by atoms with Crippen molar-refractivity contribution >= 4 is 5.91 Å². The number of quaternary nitrogens is 1. The topological polar surface area (TPSA) is 29.1 Å². The predicted octanol–water partition coefficient (Wildman–Crippen LogP) is 3.63. The van der Waals surface area contributed by atoms with Crippen LogP contribution in [0.5, 0.6) is 0 Å². The molecule has 1 N–H and O–H groups in total. The number of carbonyl (C=O) groups is 1. The molecule has 0 aromatic carbocycles. The van der Waals surface area contributed by atoms with Gasteiger partial charge in [-0.3, -0.25) is 4.79 Å². The van der Waals surface area contributed by atoms with Crippen LogP contribution in [0.1, 0.15) is 111 Å². The van der Waals surface area contributed by atoms with E-state index < -0.39 is 0 Å². The van der Waals surface area contributed by atoms with Gasteiger partial charge in [0.2, 0.25) is 5.91 Å². The summed E-state index contributed by atoms with van der Waals surface area (Å²) >= 11 is 0. The highest BCUT2D eigenvalue weighted by molar-refractivity contribution is 5.92.